The largest absolute Gasteiger partial charge is 0.463 e. The molecule has 0 spiro atoms. The van der Waals surface area contributed by atoms with Crippen molar-refractivity contribution in [2.45, 2.75) is 11.9 Å². The minimum Gasteiger partial charge on any atom is -0.463 e. The Labute approximate surface area is 91.9 Å². The Hall–Kier alpha value is -1.49. The quantitative estimate of drug-likeness (QED) is 0.623. The molecule has 2 aromatic heterocycles. The molecule has 78 valence electrons. The van der Waals surface area contributed by atoms with Gasteiger partial charge in [0, 0.05) is 5.56 Å². The predicted octanol–water partition coefficient (Wildman–Crippen LogP) is 2.35. The summed E-state index contributed by atoms with van der Waals surface area (Å²) < 4.78 is 5.30. The van der Waals surface area contributed by atoms with Crippen molar-refractivity contribution in [1.29, 1.82) is 0 Å². The summed E-state index contributed by atoms with van der Waals surface area (Å²) in [7, 11) is 0. The Bertz CT molecular complexity index is 468. The number of nitrogen functional groups attached to an aromatic ring is 1. The first kappa shape index (κ1) is 10.0. The van der Waals surface area contributed by atoms with Crippen molar-refractivity contribution in [3.63, 3.8) is 0 Å². The Kier molecular flexibility index (Phi) is 2.64. The van der Waals surface area contributed by atoms with Crippen molar-refractivity contribution >= 4 is 17.7 Å². The molecular weight excluding hydrogens is 210 g/mol. The summed E-state index contributed by atoms with van der Waals surface area (Å²) in [5, 5.41) is 0.883. The standard InChI is InChI=1S/C10H11N3OS/c1-6-8(7-4-3-5-14-7)12-10(11)13-9(6)15-2/h3-5H,1-2H3,(H2,11,12,13). The van der Waals surface area contributed by atoms with Gasteiger partial charge in [-0.1, -0.05) is 0 Å². The van der Waals surface area contributed by atoms with E-state index in [1.807, 2.05) is 25.3 Å². The zero-order valence-electron chi connectivity index (χ0n) is 8.52. The molecule has 0 amide bonds. The van der Waals surface area contributed by atoms with Gasteiger partial charge < -0.3 is 10.2 Å². The fraction of sp³-hybridized carbons (Fsp3) is 0.200. The van der Waals surface area contributed by atoms with E-state index in [9.17, 15) is 0 Å². The highest BCUT2D eigenvalue weighted by Gasteiger charge is 2.12. The van der Waals surface area contributed by atoms with Gasteiger partial charge in [0.25, 0.3) is 0 Å². The second-order valence-electron chi connectivity index (χ2n) is 3.04. The number of aromatic nitrogens is 2. The van der Waals surface area contributed by atoms with E-state index in [1.165, 1.54) is 0 Å². The van der Waals surface area contributed by atoms with Crippen molar-refractivity contribution in [2.24, 2.45) is 0 Å². The Morgan fingerprint density at radius 3 is 2.80 bits per heavy atom. The smallest absolute Gasteiger partial charge is 0.221 e. The molecule has 2 rings (SSSR count). The minimum absolute atomic E-state index is 0.274. The van der Waals surface area contributed by atoms with E-state index in [4.69, 9.17) is 10.2 Å². The number of hydrogen-bond acceptors (Lipinski definition) is 5. The van der Waals surface area contributed by atoms with Crippen LogP contribution in [0.5, 0.6) is 0 Å². The van der Waals surface area contributed by atoms with Gasteiger partial charge in [0.15, 0.2) is 5.76 Å². The molecule has 0 aliphatic carbocycles. The van der Waals surface area contributed by atoms with Crippen LogP contribution in [0.4, 0.5) is 5.95 Å². The van der Waals surface area contributed by atoms with Gasteiger partial charge in [-0.3, -0.25) is 0 Å². The van der Waals surface area contributed by atoms with Crippen LogP contribution in [0.2, 0.25) is 0 Å². The molecule has 0 aromatic carbocycles. The maximum Gasteiger partial charge on any atom is 0.221 e. The fourth-order valence-corrected chi connectivity index (χ4v) is 1.95. The van der Waals surface area contributed by atoms with Gasteiger partial charge >= 0.3 is 0 Å². The van der Waals surface area contributed by atoms with Crippen LogP contribution in [0.15, 0.2) is 27.8 Å². The van der Waals surface area contributed by atoms with Crippen molar-refractivity contribution in [3.05, 3.63) is 24.0 Å². The van der Waals surface area contributed by atoms with Gasteiger partial charge in [-0.05, 0) is 25.3 Å². The molecule has 0 fully saturated rings. The molecule has 5 heteroatoms. The van der Waals surface area contributed by atoms with Crippen LogP contribution in [-0.2, 0) is 0 Å². The normalized spacial score (nSPS) is 10.5. The van der Waals surface area contributed by atoms with E-state index in [-0.39, 0.29) is 5.95 Å². The van der Waals surface area contributed by atoms with E-state index in [2.05, 4.69) is 9.97 Å². The summed E-state index contributed by atoms with van der Waals surface area (Å²) in [6.45, 7) is 1.96. The lowest BCUT2D eigenvalue weighted by Gasteiger charge is -2.06. The van der Waals surface area contributed by atoms with E-state index in [1.54, 1.807) is 18.0 Å². The first-order valence-corrected chi connectivity index (χ1v) is 5.67. The maximum absolute atomic E-state index is 5.63. The van der Waals surface area contributed by atoms with Gasteiger partial charge in [-0.2, -0.15) is 0 Å². The molecule has 0 aliphatic rings. The summed E-state index contributed by atoms with van der Waals surface area (Å²) >= 11 is 1.55. The molecule has 2 N–H and O–H groups in total. The molecule has 2 heterocycles. The number of nitrogens with zero attached hydrogens (tertiary/aromatic N) is 2. The van der Waals surface area contributed by atoms with E-state index in [0.29, 0.717) is 0 Å². The lowest BCUT2D eigenvalue weighted by atomic mass is 10.2. The van der Waals surface area contributed by atoms with Crippen LogP contribution >= 0.6 is 11.8 Å². The molecule has 0 atom stereocenters. The average molecular weight is 221 g/mol. The molecule has 2 aromatic rings. The zero-order chi connectivity index (χ0) is 10.8. The van der Waals surface area contributed by atoms with Crippen LogP contribution in [0.3, 0.4) is 0 Å². The summed E-state index contributed by atoms with van der Waals surface area (Å²) in [6.07, 6.45) is 3.58. The van der Waals surface area contributed by atoms with E-state index >= 15 is 0 Å². The molecule has 0 bridgehead atoms. The summed E-state index contributed by atoms with van der Waals surface area (Å²) in [4.78, 5) is 8.33. The number of thioether (sulfide) groups is 1. The highest BCUT2D eigenvalue weighted by molar-refractivity contribution is 7.98. The second-order valence-corrected chi connectivity index (χ2v) is 3.84. The van der Waals surface area contributed by atoms with E-state index < -0.39 is 0 Å². The Morgan fingerprint density at radius 2 is 2.20 bits per heavy atom. The number of nitrogens with two attached hydrogens (primary N) is 1. The highest BCUT2D eigenvalue weighted by Crippen LogP contribution is 2.28. The van der Waals surface area contributed by atoms with Crippen LogP contribution in [0, 0.1) is 6.92 Å². The number of hydrogen-bond donors (Lipinski definition) is 1. The molecule has 0 aliphatic heterocycles. The second kappa shape index (κ2) is 3.94. The summed E-state index contributed by atoms with van der Waals surface area (Å²) in [5.41, 5.74) is 7.39. The Balaban J connectivity index is 2.61. The third-order valence-corrected chi connectivity index (χ3v) is 2.85. The van der Waals surface area contributed by atoms with Gasteiger partial charge in [-0.25, -0.2) is 9.97 Å². The molecule has 0 unspecified atom stereocenters. The molecule has 4 nitrogen and oxygen atoms in total. The monoisotopic (exact) mass is 221 g/mol. The zero-order valence-corrected chi connectivity index (χ0v) is 9.34. The minimum atomic E-state index is 0.274. The van der Waals surface area contributed by atoms with Crippen molar-refractivity contribution in [1.82, 2.24) is 9.97 Å². The molecule has 0 radical (unpaired) electrons. The van der Waals surface area contributed by atoms with E-state index in [0.717, 1.165) is 22.0 Å². The van der Waals surface area contributed by atoms with Crippen molar-refractivity contribution in [2.75, 3.05) is 12.0 Å². The molecule has 0 saturated heterocycles. The Morgan fingerprint density at radius 1 is 1.40 bits per heavy atom. The summed E-state index contributed by atoms with van der Waals surface area (Å²) in [5.74, 6) is 0.994. The highest BCUT2D eigenvalue weighted by atomic mass is 32.2. The SMILES string of the molecule is CSc1nc(N)nc(-c2ccco2)c1C. The van der Waals surface area contributed by atoms with Gasteiger partial charge in [0.2, 0.25) is 5.95 Å². The third kappa shape index (κ3) is 1.83. The van der Waals surface area contributed by atoms with Crippen LogP contribution in [-0.4, -0.2) is 16.2 Å². The maximum atomic E-state index is 5.63. The number of furan rings is 1. The molecule has 15 heavy (non-hydrogen) atoms. The fourth-order valence-electron chi connectivity index (χ4n) is 1.36. The first-order valence-electron chi connectivity index (χ1n) is 4.44. The lowest BCUT2D eigenvalue weighted by Crippen LogP contribution is -2.00. The topological polar surface area (TPSA) is 64.9 Å². The predicted molar refractivity (Wildman–Crippen MR) is 60.7 cm³/mol. The molecule has 0 saturated carbocycles. The van der Waals surface area contributed by atoms with Crippen molar-refractivity contribution < 1.29 is 4.42 Å². The van der Waals surface area contributed by atoms with Crippen LogP contribution in [0.25, 0.3) is 11.5 Å². The van der Waals surface area contributed by atoms with Gasteiger partial charge in [0.1, 0.15) is 10.7 Å². The summed E-state index contributed by atoms with van der Waals surface area (Å²) in [6, 6.07) is 3.69. The van der Waals surface area contributed by atoms with Crippen LogP contribution in [0.1, 0.15) is 5.56 Å². The third-order valence-electron chi connectivity index (χ3n) is 2.07. The van der Waals surface area contributed by atoms with Gasteiger partial charge in [0.05, 0.1) is 6.26 Å². The first-order chi connectivity index (χ1) is 7.22. The van der Waals surface area contributed by atoms with Crippen LogP contribution < -0.4 is 5.73 Å². The number of anilines is 1. The van der Waals surface area contributed by atoms with Gasteiger partial charge in [-0.15, -0.1) is 11.8 Å². The molecular formula is C10H11N3OS. The average Bonchev–Trinajstić information content (AvgIpc) is 2.74. The van der Waals surface area contributed by atoms with Crippen molar-refractivity contribution in [3.8, 4) is 11.5 Å². The number of rotatable bonds is 2. The lowest BCUT2D eigenvalue weighted by molar-refractivity contribution is 0.579.